The molecule has 72 valence electrons. The number of halogens is 1. The van der Waals surface area contributed by atoms with Gasteiger partial charge in [-0.15, -0.1) is 0 Å². The quantitative estimate of drug-likeness (QED) is 0.397. The van der Waals surface area contributed by atoms with Gasteiger partial charge in [-0.3, -0.25) is 0 Å². The number of ether oxygens (including phenoxy) is 1. The Morgan fingerprint density at radius 1 is 1.54 bits per heavy atom. The topological polar surface area (TPSA) is 9.23 Å². The molecule has 2 aliphatic rings. The summed E-state index contributed by atoms with van der Waals surface area (Å²) in [6, 6.07) is 0. The van der Waals surface area contributed by atoms with Crippen LogP contribution in [-0.2, 0) is 4.74 Å². The standard InChI is InChI=1S/C10H15ClOSi/c1-7(11)12-6-13-10-5-8-2-3-9(10)4-8/h2-3,7-10H,4-6H2,1H3. The third-order valence-electron chi connectivity index (χ3n) is 2.94. The van der Waals surface area contributed by atoms with Crippen LogP contribution in [0.4, 0.5) is 0 Å². The highest BCUT2D eigenvalue weighted by Crippen LogP contribution is 2.46. The van der Waals surface area contributed by atoms with Gasteiger partial charge in [-0.1, -0.05) is 23.8 Å². The smallest absolute Gasteiger partial charge is 0.127 e. The van der Waals surface area contributed by atoms with Gasteiger partial charge >= 0.3 is 0 Å². The fraction of sp³-hybridized carbons (Fsp3) is 0.800. The molecule has 0 amide bonds. The summed E-state index contributed by atoms with van der Waals surface area (Å²) in [4.78, 5) is 0. The number of allylic oxidation sites excluding steroid dienone is 2. The lowest BCUT2D eigenvalue weighted by molar-refractivity contribution is 0.160. The van der Waals surface area contributed by atoms with Crippen molar-refractivity contribution >= 4 is 21.1 Å². The molecule has 3 heteroatoms. The van der Waals surface area contributed by atoms with Gasteiger partial charge in [-0.2, -0.15) is 0 Å². The summed E-state index contributed by atoms with van der Waals surface area (Å²) in [6.45, 7) is 1.88. The molecule has 0 aromatic rings. The van der Waals surface area contributed by atoms with Gasteiger partial charge in [0.05, 0.1) is 9.52 Å². The van der Waals surface area contributed by atoms with E-state index in [0.29, 0.717) is 0 Å². The number of fused-ring (bicyclic) bond motifs is 2. The molecule has 0 N–H and O–H groups in total. The van der Waals surface area contributed by atoms with Crippen molar-refractivity contribution in [3.8, 4) is 0 Å². The third-order valence-corrected chi connectivity index (χ3v) is 4.58. The summed E-state index contributed by atoms with van der Waals surface area (Å²) < 4.78 is 5.37. The van der Waals surface area contributed by atoms with Crippen LogP contribution in [-0.4, -0.2) is 21.3 Å². The Morgan fingerprint density at radius 3 is 2.92 bits per heavy atom. The summed E-state index contributed by atoms with van der Waals surface area (Å²) >= 11 is 5.71. The van der Waals surface area contributed by atoms with Gasteiger partial charge in [0.25, 0.3) is 0 Å². The highest BCUT2D eigenvalue weighted by molar-refractivity contribution is 6.37. The largest absolute Gasteiger partial charge is 0.367 e. The van der Waals surface area contributed by atoms with Crippen LogP contribution in [0.25, 0.3) is 0 Å². The average molecular weight is 215 g/mol. The van der Waals surface area contributed by atoms with E-state index in [4.69, 9.17) is 16.3 Å². The van der Waals surface area contributed by atoms with Gasteiger partial charge in [0.2, 0.25) is 0 Å². The van der Waals surface area contributed by atoms with Crippen molar-refractivity contribution in [1.29, 1.82) is 0 Å². The number of alkyl halides is 1. The molecule has 0 aliphatic heterocycles. The lowest BCUT2D eigenvalue weighted by Gasteiger charge is -2.17. The van der Waals surface area contributed by atoms with Crippen molar-refractivity contribution in [2.45, 2.75) is 30.9 Å². The Labute approximate surface area is 87.3 Å². The molecule has 4 atom stereocenters. The highest BCUT2D eigenvalue weighted by Gasteiger charge is 2.35. The van der Waals surface area contributed by atoms with Gasteiger partial charge < -0.3 is 4.74 Å². The molecule has 4 unspecified atom stereocenters. The van der Waals surface area contributed by atoms with E-state index >= 15 is 0 Å². The number of rotatable bonds is 4. The van der Waals surface area contributed by atoms with Crippen LogP contribution in [0.15, 0.2) is 12.2 Å². The molecule has 1 saturated carbocycles. The first-order chi connectivity index (χ1) is 6.25. The zero-order chi connectivity index (χ0) is 9.26. The van der Waals surface area contributed by atoms with E-state index in [-0.39, 0.29) is 5.56 Å². The van der Waals surface area contributed by atoms with Gasteiger partial charge in [-0.25, -0.2) is 0 Å². The molecule has 1 fully saturated rings. The van der Waals surface area contributed by atoms with Gasteiger partial charge in [0.1, 0.15) is 5.56 Å². The van der Waals surface area contributed by atoms with E-state index in [1.54, 1.807) is 0 Å². The molecule has 2 radical (unpaired) electrons. The lowest BCUT2D eigenvalue weighted by atomic mass is 10.1. The molecular formula is C10H15ClOSi. The average Bonchev–Trinajstić information content (AvgIpc) is 2.64. The summed E-state index contributed by atoms with van der Waals surface area (Å²) in [5, 5.41) is 0. The zero-order valence-corrected chi connectivity index (χ0v) is 9.63. The van der Waals surface area contributed by atoms with Crippen LogP contribution in [0, 0.1) is 11.8 Å². The van der Waals surface area contributed by atoms with E-state index < -0.39 is 0 Å². The minimum Gasteiger partial charge on any atom is -0.367 e. The fourth-order valence-electron chi connectivity index (χ4n) is 2.29. The monoisotopic (exact) mass is 214 g/mol. The molecule has 0 aromatic carbocycles. The van der Waals surface area contributed by atoms with Crippen LogP contribution < -0.4 is 0 Å². The molecule has 2 aliphatic carbocycles. The van der Waals surface area contributed by atoms with Crippen molar-refractivity contribution in [3.63, 3.8) is 0 Å². The van der Waals surface area contributed by atoms with Crippen molar-refractivity contribution < 1.29 is 4.74 Å². The Bertz CT molecular complexity index is 205. The number of hydrogen-bond donors (Lipinski definition) is 0. The maximum Gasteiger partial charge on any atom is 0.127 e. The highest BCUT2D eigenvalue weighted by atomic mass is 35.5. The molecule has 0 saturated heterocycles. The molecular weight excluding hydrogens is 200 g/mol. The van der Waals surface area contributed by atoms with Crippen molar-refractivity contribution in [2.75, 3.05) is 6.23 Å². The first kappa shape index (κ1) is 9.75. The summed E-state index contributed by atoms with van der Waals surface area (Å²) in [7, 11) is 0.938. The molecule has 2 bridgehead atoms. The van der Waals surface area contributed by atoms with E-state index in [1.807, 2.05) is 6.92 Å². The van der Waals surface area contributed by atoms with E-state index in [9.17, 15) is 0 Å². The lowest BCUT2D eigenvalue weighted by Crippen LogP contribution is -2.16. The Morgan fingerprint density at radius 2 is 2.38 bits per heavy atom. The van der Waals surface area contributed by atoms with Crippen molar-refractivity contribution in [2.24, 2.45) is 11.8 Å². The van der Waals surface area contributed by atoms with Crippen LogP contribution in [0.5, 0.6) is 0 Å². The van der Waals surface area contributed by atoms with Crippen LogP contribution in [0.1, 0.15) is 19.8 Å². The number of hydrogen-bond acceptors (Lipinski definition) is 1. The Balaban J connectivity index is 1.69. The summed E-state index contributed by atoms with van der Waals surface area (Å²) in [5.74, 6) is 1.74. The minimum atomic E-state index is -0.123. The second-order valence-electron chi connectivity index (χ2n) is 3.94. The molecule has 1 nitrogen and oxygen atoms in total. The first-order valence-corrected chi connectivity index (χ1v) is 6.65. The molecule has 0 heterocycles. The second kappa shape index (κ2) is 4.16. The van der Waals surface area contributed by atoms with E-state index in [2.05, 4.69) is 12.2 Å². The summed E-state index contributed by atoms with van der Waals surface area (Å²) in [6.07, 6.45) is 8.42. The van der Waals surface area contributed by atoms with E-state index in [1.165, 1.54) is 12.8 Å². The van der Waals surface area contributed by atoms with Crippen molar-refractivity contribution in [1.82, 2.24) is 0 Å². The van der Waals surface area contributed by atoms with E-state index in [0.717, 1.165) is 33.1 Å². The van der Waals surface area contributed by atoms with Gasteiger partial charge in [-0.05, 0) is 37.1 Å². The molecule has 13 heavy (non-hydrogen) atoms. The maximum absolute atomic E-state index is 5.71. The van der Waals surface area contributed by atoms with Crippen LogP contribution >= 0.6 is 11.6 Å². The van der Waals surface area contributed by atoms with Crippen LogP contribution in [0.3, 0.4) is 0 Å². The van der Waals surface area contributed by atoms with Gasteiger partial charge in [0.15, 0.2) is 0 Å². The fourth-order valence-corrected chi connectivity index (χ4v) is 4.03. The van der Waals surface area contributed by atoms with Gasteiger partial charge in [0, 0.05) is 6.23 Å². The predicted octanol–water partition coefficient (Wildman–Crippen LogP) is 2.63. The zero-order valence-electron chi connectivity index (χ0n) is 7.87. The molecule has 0 spiro atoms. The first-order valence-electron chi connectivity index (χ1n) is 4.93. The van der Waals surface area contributed by atoms with Crippen LogP contribution in [0.2, 0.25) is 5.54 Å². The maximum atomic E-state index is 5.71. The Hall–Kier alpha value is 0.207. The predicted molar refractivity (Wildman–Crippen MR) is 56.1 cm³/mol. The minimum absolute atomic E-state index is 0.123. The second-order valence-corrected chi connectivity index (χ2v) is 6.00. The molecule has 0 aromatic heterocycles. The Kier molecular flexibility index (Phi) is 3.12. The normalized spacial score (nSPS) is 38.5. The van der Waals surface area contributed by atoms with Crippen molar-refractivity contribution in [3.05, 3.63) is 12.2 Å². The molecule has 2 rings (SSSR count). The third kappa shape index (κ3) is 2.36. The summed E-state index contributed by atoms with van der Waals surface area (Å²) in [5.41, 5.74) is 0.770. The SMILES string of the molecule is CC(Cl)OC[Si]C1CC2C=CC1C2.